The Labute approximate surface area is 134 Å². The first kappa shape index (κ1) is 12.7. The van der Waals surface area contributed by atoms with Gasteiger partial charge < -0.3 is 5.32 Å². The molecule has 0 atom stereocenters. The zero-order valence-electron chi connectivity index (χ0n) is 12.9. The van der Waals surface area contributed by atoms with E-state index in [0.29, 0.717) is 0 Å². The van der Waals surface area contributed by atoms with E-state index in [1.807, 2.05) is 6.07 Å². The second-order valence-corrected chi connectivity index (χ2v) is 6.25. The van der Waals surface area contributed by atoms with E-state index in [4.69, 9.17) is 4.98 Å². The van der Waals surface area contributed by atoms with Crippen molar-refractivity contribution in [3.63, 3.8) is 0 Å². The first-order chi connectivity index (χ1) is 11.3. The molecule has 1 N–H and O–H groups in total. The van der Waals surface area contributed by atoms with Gasteiger partial charge >= 0.3 is 0 Å². The summed E-state index contributed by atoms with van der Waals surface area (Å²) in [5, 5.41) is 6.08. The van der Waals surface area contributed by atoms with Crippen LogP contribution in [-0.2, 0) is 6.42 Å². The summed E-state index contributed by atoms with van der Waals surface area (Å²) in [6.45, 7) is 2.16. The van der Waals surface area contributed by atoms with E-state index in [-0.39, 0.29) is 0 Å². The number of benzene rings is 3. The van der Waals surface area contributed by atoms with Gasteiger partial charge in [-0.1, -0.05) is 36.4 Å². The average molecular weight is 296 g/mol. The van der Waals surface area contributed by atoms with Gasteiger partial charge in [0, 0.05) is 28.6 Å². The smallest absolute Gasteiger partial charge is 0.0716 e. The van der Waals surface area contributed by atoms with Gasteiger partial charge in [0.1, 0.15) is 0 Å². The number of pyridine rings is 1. The van der Waals surface area contributed by atoms with Crippen LogP contribution in [0.2, 0.25) is 0 Å². The lowest BCUT2D eigenvalue weighted by molar-refractivity contribution is 1.16. The number of hydrogen-bond acceptors (Lipinski definition) is 2. The third-order valence-corrected chi connectivity index (χ3v) is 4.77. The summed E-state index contributed by atoms with van der Waals surface area (Å²) in [7, 11) is 0. The first-order valence-electron chi connectivity index (χ1n) is 7.96. The molecule has 2 heteroatoms. The predicted molar refractivity (Wildman–Crippen MR) is 96.5 cm³/mol. The highest BCUT2D eigenvalue weighted by molar-refractivity contribution is 5.99. The minimum absolute atomic E-state index is 0.955. The highest BCUT2D eigenvalue weighted by Gasteiger charge is 2.19. The molecule has 3 aromatic carbocycles. The molecule has 0 unspecified atom stereocenters. The lowest BCUT2D eigenvalue weighted by Gasteiger charge is -2.24. The summed E-state index contributed by atoms with van der Waals surface area (Å²) in [6.07, 6.45) is 0.955. The Morgan fingerprint density at radius 2 is 1.74 bits per heavy atom. The number of nitrogens with zero attached hydrogens (tertiary/aromatic N) is 1. The fourth-order valence-corrected chi connectivity index (χ4v) is 3.61. The number of para-hydroxylation sites is 2. The molecular weight excluding hydrogens is 280 g/mol. The lowest BCUT2D eigenvalue weighted by atomic mass is 9.91. The first-order valence-corrected chi connectivity index (χ1v) is 7.96. The molecule has 1 aliphatic heterocycles. The predicted octanol–water partition coefficient (Wildman–Crippen LogP) is 5.34. The number of anilines is 2. The SMILES string of the molecule is Cc1cc2nc3ccccc3cc2c2c1Nc1ccccc1C2. The van der Waals surface area contributed by atoms with Crippen molar-refractivity contribution >= 4 is 33.2 Å². The van der Waals surface area contributed by atoms with E-state index >= 15 is 0 Å². The van der Waals surface area contributed by atoms with Gasteiger partial charge in [0.05, 0.1) is 11.0 Å². The van der Waals surface area contributed by atoms with Crippen LogP contribution in [0.4, 0.5) is 11.4 Å². The van der Waals surface area contributed by atoms with Crippen LogP contribution in [0.25, 0.3) is 21.8 Å². The maximum atomic E-state index is 4.87. The molecule has 0 radical (unpaired) electrons. The summed E-state index contributed by atoms with van der Waals surface area (Å²) in [5.74, 6) is 0. The Hall–Kier alpha value is -2.87. The van der Waals surface area contributed by atoms with Crippen molar-refractivity contribution in [2.75, 3.05) is 5.32 Å². The number of aromatic nitrogens is 1. The van der Waals surface area contributed by atoms with E-state index in [9.17, 15) is 0 Å². The van der Waals surface area contributed by atoms with Gasteiger partial charge in [0.25, 0.3) is 0 Å². The summed E-state index contributed by atoms with van der Waals surface area (Å²) in [4.78, 5) is 4.87. The standard InChI is InChI=1S/C21H16N2/c1-13-10-20-16(11-14-6-2-4-8-18(14)22-20)17-12-15-7-3-5-9-19(15)23-21(13)17/h2-11,23H,12H2,1H3. The molecule has 0 bridgehead atoms. The van der Waals surface area contributed by atoms with Crippen molar-refractivity contribution < 1.29 is 0 Å². The van der Waals surface area contributed by atoms with Gasteiger partial charge in [-0.25, -0.2) is 4.98 Å². The lowest BCUT2D eigenvalue weighted by Crippen LogP contribution is -2.09. The van der Waals surface area contributed by atoms with Crippen LogP contribution in [-0.4, -0.2) is 4.98 Å². The normalized spacial score (nSPS) is 12.7. The van der Waals surface area contributed by atoms with E-state index in [2.05, 4.69) is 66.8 Å². The Bertz CT molecular complexity index is 1080. The van der Waals surface area contributed by atoms with Crippen LogP contribution in [0.5, 0.6) is 0 Å². The molecule has 5 rings (SSSR count). The van der Waals surface area contributed by atoms with Gasteiger partial charge in [0.2, 0.25) is 0 Å². The van der Waals surface area contributed by atoms with Gasteiger partial charge in [-0.15, -0.1) is 0 Å². The van der Waals surface area contributed by atoms with E-state index in [1.165, 1.54) is 38.8 Å². The molecule has 4 aromatic rings. The molecule has 0 aliphatic carbocycles. The van der Waals surface area contributed by atoms with Crippen LogP contribution >= 0.6 is 0 Å². The monoisotopic (exact) mass is 296 g/mol. The van der Waals surface area contributed by atoms with E-state index in [0.717, 1.165) is 17.5 Å². The molecule has 0 spiro atoms. The van der Waals surface area contributed by atoms with Crippen LogP contribution in [0, 0.1) is 6.92 Å². The highest BCUT2D eigenvalue weighted by Crippen LogP contribution is 2.39. The molecule has 23 heavy (non-hydrogen) atoms. The Kier molecular flexibility index (Phi) is 2.51. The van der Waals surface area contributed by atoms with Crippen LogP contribution < -0.4 is 5.32 Å². The van der Waals surface area contributed by atoms with Gasteiger partial charge in [-0.3, -0.25) is 0 Å². The minimum atomic E-state index is 0.955. The quantitative estimate of drug-likeness (QED) is 0.390. The number of nitrogens with one attached hydrogen (secondary N) is 1. The van der Waals surface area contributed by atoms with Crippen LogP contribution in [0.1, 0.15) is 16.7 Å². The van der Waals surface area contributed by atoms with Crippen LogP contribution in [0.15, 0.2) is 60.7 Å². The largest absolute Gasteiger partial charge is 0.355 e. The zero-order chi connectivity index (χ0) is 15.4. The van der Waals surface area contributed by atoms with Crippen molar-refractivity contribution in [1.82, 2.24) is 4.98 Å². The molecule has 0 fully saturated rings. The summed E-state index contributed by atoms with van der Waals surface area (Å²) < 4.78 is 0. The number of aryl methyl sites for hydroxylation is 1. The van der Waals surface area contributed by atoms with Crippen molar-refractivity contribution in [3.05, 3.63) is 77.4 Å². The molecule has 0 saturated carbocycles. The van der Waals surface area contributed by atoms with Crippen molar-refractivity contribution in [2.45, 2.75) is 13.3 Å². The Morgan fingerprint density at radius 3 is 2.70 bits per heavy atom. The van der Waals surface area contributed by atoms with Crippen LogP contribution in [0.3, 0.4) is 0 Å². The zero-order valence-corrected chi connectivity index (χ0v) is 12.9. The fourth-order valence-electron chi connectivity index (χ4n) is 3.61. The number of fused-ring (bicyclic) bond motifs is 5. The van der Waals surface area contributed by atoms with Crippen molar-refractivity contribution in [1.29, 1.82) is 0 Å². The molecular formula is C21H16N2. The average Bonchev–Trinajstić information content (AvgIpc) is 2.59. The van der Waals surface area contributed by atoms with E-state index < -0.39 is 0 Å². The Balaban J connectivity index is 1.84. The second kappa shape index (κ2) is 4.56. The van der Waals surface area contributed by atoms with E-state index in [1.54, 1.807) is 0 Å². The third kappa shape index (κ3) is 1.85. The summed E-state index contributed by atoms with van der Waals surface area (Å²) >= 11 is 0. The fraction of sp³-hybridized carbons (Fsp3) is 0.0952. The summed E-state index contributed by atoms with van der Waals surface area (Å²) in [6, 6.07) is 21.4. The summed E-state index contributed by atoms with van der Waals surface area (Å²) in [5.41, 5.74) is 8.57. The van der Waals surface area contributed by atoms with Crippen molar-refractivity contribution in [3.8, 4) is 0 Å². The maximum Gasteiger partial charge on any atom is 0.0716 e. The topological polar surface area (TPSA) is 24.9 Å². The molecule has 0 amide bonds. The molecule has 2 nitrogen and oxygen atoms in total. The molecule has 110 valence electrons. The maximum absolute atomic E-state index is 4.87. The van der Waals surface area contributed by atoms with Crippen molar-refractivity contribution in [2.24, 2.45) is 0 Å². The minimum Gasteiger partial charge on any atom is -0.355 e. The molecule has 2 heterocycles. The Morgan fingerprint density at radius 1 is 0.913 bits per heavy atom. The molecule has 1 aliphatic rings. The highest BCUT2D eigenvalue weighted by atomic mass is 14.9. The van der Waals surface area contributed by atoms with Gasteiger partial charge in [-0.05, 0) is 47.9 Å². The molecule has 1 aromatic heterocycles. The van der Waals surface area contributed by atoms with Gasteiger partial charge in [-0.2, -0.15) is 0 Å². The third-order valence-electron chi connectivity index (χ3n) is 4.77. The second-order valence-electron chi connectivity index (χ2n) is 6.25. The molecule has 0 saturated heterocycles. The number of hydrogen-bond donors (Lipinski definition) is 1. The number of rotatable bonds is 0. The van der Waals surface area contributed by atoms with Gasteiger partial charge in [0.15, 0.2) is 0 Å².